The van der Waals surface area contributed by atoms with Gasteiger partial charge in [-0.3, -0.25) is 34.3 Å². The topological polar surface area (TPSA) is 179 Å². The molecular weight excluding hydrogens is 868 g/mol. The number of benzene rings is 4. The lowest BCUT2D eigenvalue weighted by Crippen LogP contribution is -2.22. The van der Waals surface area contributed by atoms with E-state index in [1.165, 1.54) is 30.3 Å². The first-order valence-corrected chi connectivity index (χ1v) is 21.2. The number of carbonyl (C=O) groups is 3. The molecule has 0 saturated heterocycles. The molecule has 0 bridgehead atoms. The SMILES string of the molecule is Cc1[nH]c2ccc(F)cc2c1-c1nc2c3cccnc3c3ncccc3c2[nH]1.Cc1[nH]c2ccc(F)cc2c1C=O.Cc1cc2cc(F)ccc2[nH]1.O=C1C(=O)c2cccnc2-c2ncccc21. The number of halogens is 3. The third kappa shape index (κ3) is 7.70. The summed E-state index contributed by atoms with van der Waals surface area (Å²) in [6.07, 6.45) is 7.45. The summed E-state index contributed by atoms with van der Waals surface area (Å²) in [4.78, 5) is 69.3. The van der Waals surface area contributed by atoms with Gasteiger partial charge in [-0.25, -0.2) is 18.2 Å². The van der Waals surface area contributed by atoms with Gasteiger partial charge in [0.1, 0.15) is 34.7 Å². The molecule has 8 aromatic heterocycles. The number of H-pyrrole nitrogens is 4. The van der Waals surface area contributed by atoms with Crippen molar-refractivity contribution in [2.45, 2.75) is 20.8 Å². The number of imidazole rings is 1. The molecule has 13 rings (SSSR count). The Bertz CT molecular complexity index is 3850. The molecule has 332 valence electrons. The van der Waals surface area contributed by atoms with Crippen LogP contribution in [-0.4, -0.2) is 62.7 Å². The van der Waals surface area contributed by atoms with E-state index in [1.807, 2.05) is 44.2 Å². The number of nitrogens with one attached hydrogen (secondary N) is 4. The standard InChI is InChI=1S/C22H14FN5.C12H6N2O2.C10H8FNO.C9H8FN/c1-11-17(15-10-12(23)6-7-16(15)26-11)22-27-20-13-4-2-8-24-18(13)19-14(21(20)28-22)5-3-9-25-19;15-11-7-3-1-5-13-9(7)10-8(12(11)16)4-2-6-14-10;1-6-9(5-13)8-4-7(11)2-3-10(8)12-6;1-6-4-7-5-8(10)2-3-9(7)11-6/h2-10,26H,1H3,(H,27,28);1-6H;2-5,12H,1H3;2-5,11H,1H3. The van der Waals surface area contributed by atoms with Crippen LogP contribution in [-0.2, 0) is 0 Å². The first-order valence-electron chi connectivity index (χ1n) is 21.2. The lowest BCUT2D eigenvalue weighted by Gasteiger charge is -2.14. The Labute approximate surface area is 383 Å². The van der Waals surface area contributed by atoms with Crippen molar-refractivity contribution < 1.29 is 27.6 Å². The van der Waals surface area contributed by atoms with Crippen LogP contribution in [0.1, 0.15) is 48.2 Å². The Morgan fingerprint density at radius 2 is 1.03 bits per heavy atom. The Hall–Kier alpha value is -9.11. The molecule has 12 aromatic rings. The molecule has 0 amide bonds. The van der Waals surface area contributed by atoms with Crippen LogP contribution in [0, 0.1) is 38.2 Å². The molecule has 0 atom stereocenters. The largest absolute Gasteiger partial charge is 0.359 e. The number of hydrogen-bond donors (Lipinski definition) is 4. The lowest BCUT2D eigenvalue weighted by atomic mass is 9.91. The molecule has 0 spiro atoms. The van der Waals surface area contributed by atoms with Gasteiger partial charge in [0.2, 0.25) is 11.6 Å². The highest BCUT2D eigenvalue weighted by atomic mass is 19.1. The normalized spacial score (nSPS) is 11.8. The number of aromatic amines is 4. The van der Waals surface area contributed by atoms with Crippen LogP contribution < -0.4 is 0 Å². The number of carbonyl (C=O) groups excluding carboxylic acids is 3. The number of hydrogen-bond acceptors (Lipinski definition) is 8. The van der Waals surface area contributed by atoms with Gasteiger partial charge >= 0.3 is 0 Å². The molecule has 15 heteroatoms. The van der Waals surface area contributed by atoms with E-state index in [4.69, 9.17) is 4.98 Å². The maximum absolute atomic E-state index is 13.9. The van der Waals surface area contributed by atoms with Gasteiger partial charge in [0.05, 0.1) is 33.2 Å². The molecule has 4 N–H and O–H groups in total. The highest BCUT2D eigenvalue weighted by Gasteiger charge is 2.31. The van der Waals surface area contributed by atoms with Crippen molar-refractivity contribution in [1.82, 2.24) is 44.9 Å². The maximum atomic E-state index is 13.9. The fourth-order valence-corrected chi connectivity index (χ4v) is 8.59. The third-order valence-corrected chi connectivity index (χ3v) is 11.6. The van der Waals surface area contributed by atoms with Crippen LogP contribution >= 0.6 is 0 Å². The van der Waals surface area contributed by atoms with Gasteiger partial charge in [0.15, 0.2) is 6.29 Å². The van der Waals surface area contributed by atoms with Crippen LogP contribution in [0.5, 0.6) is 0 Å². The first kappa shape index (κ1) is 42.8. The molecule has 8 heterocycles. The summed E-state index contributed by atoms with van der Waals surface area (Å²) >= 11 is 0. The molecule has 0 fully saturated rings. The van der Waals surface area contributed by atoms with Crippen molar-refractivity contribution >= 4 is 83.4 Å². The molecule has 68 heavy (non-hydrogen) atoms. The average molecular weight is 904 g/mol. The van der Waals surface area contributed by atoms with Gasteiger partial charge in [-0.15, -0.1) is 0 Å². The lowest BCUT2D eigenvalue weighted by molar-refractivity contribution is 0.0814. The van der Waals surface area contributed by atoms with Gasteiger partial charge < -0.3 is 19.9 Å². The second-order valence-corrected chi connectivity index (χ2v) is 16.0. The molecule has 0 radical (unpaired) electrons. The highest BCUT2D eigenvalue weighted by Crippen LogP contribution is 2.37. The molecule has 0 aliphatic heterocycles. The van der Waals surface area contributed by atoms with Gasteiger partial charge in [0, 0.05) is 96.5 Å². The van der Waals surface area contributed by atoms with E-state index in [0.29, 0.717) is 39.3 Å². The maximum Gasteiger partial charge on any atom is 0.235 e. The van der Waals surface area contributed by atoms with E-state index in [0.717, 1.165) is 89.1 Å². The van der Waals surface area contributed by atoms with E-state index in [1.54, 1.807) is 80.2 Å². The fraction of sp³-hybridized carbons (Fsp3) is 0.0566. The minimum atomic E-state index is -0.511. The first-order chi connectivity index (χ1) is 33.0. The van der Waals surface area contributed by atoms with Crippen molar-refractivity contribution in [2.75, 3.05) is 0 Å². The van der Waals surface area contributed by atoms with Gasteiger partial charge in [0.25, 0.3) is 0 Å². The van der Waals surface area contributed by atoms with Crippen molar-refractivity contribution in [2.24, 2.45) is 0 Å². The van der Waals surface area contributed by atoms with Crippen LogP contribution in [0.3, 0.4) is 0 Å². The number of aryl methyl sites for hydroxylation is 3. The monoisotopic (exact) mass is 903 g/mol. The second-order valence-electron chi connectivity index (χ2n) is 16.0. The summed E-state index contributed by atoms with van der Waals surface area (Å²) in [7, 11) is 0. The molecule has 4 aromatic carbocycles. The number of fused-ring (bicyclic) bond motifs is 12. The molecule has 1 aliphatic carbocycles. The third-order valence-electron chi connectivity index (χ3n) is 11.6. The zero-order chi connectivity index (χ0) is 47.2. The summed E-state index contributed by atoms with van der Waals surface area (Å²) < 4.78 is 39.4. The molecule has 1 aliphatic rings. The summed E-state index contributed by atoms with van der Waals surface area (Å²) in [6, 6.07) is 30.1. The average Bonchev–Trinajstić information content (AvgIpc) is 4.12. The summed E-state index contributed by atoms with van der Waals surface area (Å²) in [5.41, 5.74) is 11.9. The number of ketones is 2. The van der Waals surface area contributed by atoms with Crippen LogP contribution in [0.2, 0.25) is 0 Å². The van der Waals surface area contributed by atoms with E-state index in [-0.39, 0.29) is 17.5 Å². The zero-order valence-corrected chi connectivity index (χ0v) is 36.4. The number of aromatic nitrogens is 9. The Morgan fingerprint density at radius 1 is 0.500 bits per heavy atom. The number of Topliss-reactive ketones (excluding diaryl/α,β-unsaturated/α-hetero) is 2. The number of rotatable bonds is 2. The molecule has 12 nitrogen and oxygen atoms in total. The van der Waals surface area contributed by atoms with Crippen molar-refractivity contribution in [3.8, 4) is 22.8 Å². The van der Waals surface area contributed by atoms with Crippen LogP contribution in [0.25, 0.3) is 88.3 Å². The predicted molar refractivity (Wildman–Crippen MR) is 256 cm³/mol. The molecular formula is C53H36F3N9O3. The zero-order valence-electron chi connectivity index (χ0n) is 36.4. The number of pyridine rings is 4. The van der Waals surface area contributed by atoms with Gasteiger partial charge in [-0.05, 0) is 130 Å². The van der Waals surface area contributed by atoms with Crippen LogP contribution in [0.4, 0.5) is 13.2 Å². The van der Waals surface area contributed by atoms with Crippen molar-refractivity contribution in [1.29, 1.82) is 0 Å². The fourth-order valence-electron chi connectivity index (χ4n) is 8.59. The predicted octanol–water partition coefficient (Wildman–Crippen LogP) is 11.8. The minimum Gasteiger partial charge on any atom is -0.359 e. The number of nitrogens with zero attached hydrogens (tertiary/aromatic N) is 5. The smallest absolute Gasteiger partial charge is 0.235 e. The van der Waals surface area contributed by atoms with Crippen molar-refractivity contribution in [3.05, 3.63) is 185 Å². The number of aldehydes is 1. The second kappa shape index (κ2) is 17.4. The quantitative estimate of drug-likeness (QED) is 0.0752. The van der Waals surface area contributed by atoms with Crippen molar-refractivity contribution in [3.63, 3.8) is 0 Å². The van der Waals surface area contributed by atoms with Crippen LogP contribution in [0.15, 0.2) is 134 Å². The summed E-state index contributed by atoms with van der Waals surface area (Å²) in [5, 5.41) is 4.29. The highest BCUT2D eigenvalue weighted by molar-refractivity contribution is 6.52. The summed E-state index contributed by atoms with van der Waals surface area (Å²) in [5.74, 6) is -1.10. The van der Waals surface area contributed by atoms with Gasteiger partial charge in [-0.2, -0.15) is 0 Å². The summed E-state index contributed by atoms with van der Waals surface area (Å²) in [6.45, 7) is 5.72. The van der Waals surface area contributed by atoms with E-state index < -0.39 is 11.6 Å². The van der Waals surface area contributed by atoms with E-state index in [2.05, 4.69) is 39.9 Å². The Kier molecular flexibility index (Phi) is 10.9. The molecule has 0 unspecified atom stereocenters. The Morgan fingerprint density at radius 3 is 1.68 bits per heavy atom. The molecule has 0 saturated carbocycles. The minimum absolute atomic E-state index is 0.184. The van der Waals surface area contributed by atoms with Gasteiger partial charge in [-0.1, -0.05) is 0 Å². The Balaban J connectivity index is 0.000000115. The van der Waals surface area contributed by atoms with E-state index >= 15 is 0 Å². The van der Waals surface area contributed by atoms with E-state index in [9.17, 15) is 27.6 Å².